The van der Waals surface area contributed by atoms with Gasteiger partial charge < -0.3 is 20.3 Å². The Kier molecular flexibility index (Phi) is 7.73. The molecule has 1 aliphatic carbocycles. The van der Waals surface area contributed by atoms with Gasteiger partial charge in [0.05, 0.1) is 0 Å². The lowest BCUT2D eigenvalue weighted by atomic mass is 9.77. The van der Waals surface area contributed by atoms with E-state index in [1.165, 1.54) is 0 Å². The molecular formula is C26H41N3O3. The van der Waals surface area contributed by atoms with Crippen LogP contribution in [-0.4, -0.2) is 47.2 Å². The molecule has 0 atom stereocenters. The van der Waals surface area contributed by atoms with Crippen LogP contribution in [0.4, 0.5) is 10.5 Å². The molecule has 1 heterocycles. The fraction of sp³-hybridized carbons (Fsp3) is 0.692. The number of alkyl carbamates (subject to hydrolysis) is 1. The van der Waals surface area contributed by atoms with Crippen molar-refractivity contribution in [2.75, 3.05) is 18.4 Å². The molecule has 1 saturated heterocycles. The van der Waals surface area contributed by atoms with E-state index in [1.54, 1.807) is 0 Å². The molecule has 0 aromatic heterocycles. The van der Waals surface area contributed by atoms with Crippen molar-refractivity contribution < 1.29 is 14.3 Å². The Morgan fingerprint density at radius 1 is 1.03 bits per heavy atom. The number of nitrogens with zero attached hydrogens (tertiary/aromatic N) is 1. The van der Waals surface area contributed by atoms with Crippen LogP contribution >= 0.6 is 0 Å². The molecule has 0 spiro atoms. The summed E-state index contributed by atoms with van der Waals surface area (Å²) in [6.45, 7) is 11.8. The molecule has 2 fully saturated rings. The number of anilines is 1. The lowest BCUT2D eigenvalue weighted by molar-refractivity contribution is -0.139. The van der Waals surface area contributed by atoms with E-state index in [9.17, 15) is 9.59 Å². The smallest absolute Gasteiger partial charge is 0.407 e. The summed E-state index contributed by atoms with van der Waals surface area (Å²) >= 11 is 0. The van der Waals surface area contributed by atoms with Crippen LogP contribution in [0.5, 0.6) is 0 Å². The van der Waals surface area contributed by atoms with Gasteiger partial charge in [0.2, 0.25) is 5.91 Å². The van der Waals surface area contributed by atoms with Gasteiger partial charge >= 0.3 is 6.09 Å². The van der Waals surface area contributed by atoms with Crippen LogP contribution in [0.2, 0.25) is 0 Å². The van der Waals surface area contributed by atoms with Crippen LogP contribution in [-0.2, 0) is 9.53 Å². The summed E-state index contributed by atoms with van der Waals surface area (Å²) in [5.74, 6) is 1.57. The summed E-state index contributed by atoms with van der Waals surface area (Å²) in [5.41, 5.74) is -0.176. The van der Waals surface area contributed by atoms with Gasteiger partial charge in [0.1, 0.15) is 11.1 Å². The highest BCUT2D eigenvalue weighted by atomic mass is 16.6. The van der Waals surface area contributed by atoms with Crippen LogP contribution in [0.3, 0.4) is 0 Å². The average molecular weight is 444 g/mol. The third kappa shape index (κ3) is 6.39. The molecule has 0 radical (unpaired) electrons. The zero-order valence-corrected chi connectivity index (χ0v) is 20.4. The largest absolute Gasteiger partial charge is 0.444 e. The number of rotatable bonds is 5. The molecule has 2 aliphatic rings. The maximum Gasteiger partial charge on any atom is 0.407 e. The highest BCUT2D eigenvalue weighted by Gasteiger charge is 2.45. The Balaban J connectivity index is 1.68. The number of carbonyl (C=O) groups excluding carboxylic acids is 2. The molecule has 0 unspecified atom stereocenters. The zero-order chi connectivity index (χ0) is 23.4. The van der Waals surface area contributed by atoms with Crippen LogP contribution in [0.15, 0.2) is 30.3 Å². The summed E-state index contributed by atoms with van der Waals surface area (Å²) in [4.78, 5) is 28.1. The first-order valence-corrected chi connectivity index (χ1v) is 12.2. The monoisotopic (exact) mass is 443 g/mol. The van der Waals surface area contributed by atoms with Gasteiger partial charge in [-0.05, 0) is 83.3 Å². The summed E-state index contributed by atoms with van der Waals surface area (Å²) < 4.78 is 5.42. The molecule has 3 rings (SSSR count). The Bertz CT molecular complexity index is 756. The number of hydrogen-bond donors (Lipinski definition) is 2. The predicted molar refractivity (Wildman–Crippen MR) is 129 cm³/mol. The SMILES string of the molecule is CC(C)C1CCN(C(=O)C2(Nc3ccccc3)CCC(NC(=O)OC(C)(C)C)CC2)CC1. The number of nitrogens with one attached hydrogen (secondary N) is 2. The van der Waals surface area contributed by atoms with E-state index in [0.717, 1.165) is 44.5 Å². The minimum Gasteiger partial charge on any atom is -0.444 e. The first kappa shape index (κ1) is 24.4. The summed E-state index contributed by atoms with van der Waals surface area (Å²) in [7, 11) is 0. The number of likely N-dealkylation sites (tertiary alicyclic amines) is 1. The van der Waals surface area contributed by atoms with Gasteiger partial charge in [0.25, 0.3) is 0 Å². The summed E-state index contributed by atoms with van der Waals surface area (Å²) in [6, 6.07) is 10.0. The average Bonchev–Trinajstić information content (AvgIpc) is 2.74. The van der Waals surface area contributed by atoms with E-state index >= 15 is 0 Å². The van der Waals surface area contributed by atoms with Gasteiger partial charge in [-0.15, -0.1) is 0 Å². The highest BCUT2D eigenvalue weighted by Crippen LogP contribution is 2.35. The number of para-hydroxylation sites is 1. The molecule has 1 saturated carbocycles. The van der Waals surface area contributed by atoms with Crippen LogP contribution in [0.25, 0.3) is 0 Å². The first-order chi connectivity index (χ1) is 15.1. The van der Waals surface area contributed by atoms with Crippen molar-refractivity contribution in [3.05, 3.63) is 30.3 Å². The second-order valence-electron chi connectivity index (χ2n) is 10.9. The van der Waals surface area contributed by atoms with Crippen molar-refractivity contribution in [1.29, 1.82) is 0 Å². The minimum absolute atomic E-state index is 0.0232. The first-order valence-electron chi connectivity index (χ1n) is 12.2. The van der Waals surface area contributed by atoms with E-state index in [4.69, 9.17) is 4.74 Å². The molecule has 32 heavy (non-hydrogen) atoms. The van der Waals surface area contributed by atoms with Gasteiger partial charge in [-0.1, -0.05) is 32.0 Å². The molecular weight excluding hydrogens is 402 g/mol. The van der Waals surface area contributed by atoms with Crippen molar-refractivity contribution in [3.63, 3.8) is 0 Å². The Morgan fingerprint density at radius 2 is 1.62 bits per heavy atom. The Morgan fingerprint density at radius 3 is 2.16 bits per heavy atom. The van der Waals surface area contributed by atoms with E-state index in [2.05, 4.69) is 29.4 Å². The number of benzene rings is 1. The van der Waals surface area contributed by atoms with Gasteiger partial charge in [-0.2, -0.15) is 0 Å². The summed E-state index contributed by atoms with van der Waals surface area (Å²) in [6.07, 6.45) is 4.63. The Labute approximate surface area is 193 Å². The second-order valence-corrected chi connectivity index (χ2v) is 10.9. The molecule has 1 aliphatic heterocycles. The van der Waals surface area contributed by atoms with Crippen molar-refractivity contribution >= 4 is 17.7 Å². The minimum atomic E-state index is -0.627. The molecule has 2 amide bonds. The fourth-order valence-corrected chi connectivity index (χ4v) is 4.99. The second kappa shape index (κ2) is 10.1. The normalized spacial score (nSPS) is 24.8. The molecule has 0 bridgehead atoms. The number of hydrogen-bond acceptors (Lipinski definition) is 4. The van der Waals surface area contributed by atoms with Crippen molar-refractivity contribution in [2.45, 2.75) is 90.3 Å². The lowest BCUT2D eigenvalue weighted by Gasteiger charge is -2.45. The van der Waals surface area contributed by atoms with E-state index in [-0.39, 0.29) is 18.0 Å². The van der Waals surface area contributed by atoms with Gasteiger partial charge in [0, 0.05) is 24.8 Å². The number of piperidine rings is 1. The number of ether oxygens (including phenoxy) is 1. The highest BCUT2D eigenvalue weighted by molar-refractivity contribution is 5.90. The molecule has 6 heteroatoms. The van der Waals surface area contributed by atoms with E-state index < -0.39 is 11.1 Å². The maximum atomic E-state index is 13.8. The third-order valence-corrected chi connectivity index (χ3v) is 6.90. The lowest BCUT2D eigenvalue weighted by Crippen LogP contribution is -2.58. The van der Waals surface area contributed by atoms with E-state index in [0.29, 0.717) is 24.7 Å². The number of carbonyl (C=O) groups is 2. The maximum absolute atomic E-state index is 13.8. The third-order valence-electron chi connectivity index (χ3n) is 6.90. The van der Waals surface area contributed by atoms with Gasteiger partial charge in [-0.3, -0.25) is 4.79 Å². The van der Waals surface area contributed by atoms with Crippen LogP contribution < -0.4 is 10.6 Å². The quantitative estimate of drug-likeness (QED) is 0.656. The van der Waals surface area contributed by atoms with Gasteiger partial charge in [-0.25, -0.2) is 4.79 Å². The van der Waals surface area contributed by atoms with Crippen molar-refractivity contribution in [1.82, 2.24) is 10.2 Å². The standard InChI is InChI=1S/C26H41N3O3/c1-19(2)20-13-17-29(18-14-20)23(30)26(28-22-9-7-6-8-10-22)15-11-21(12-16-26)27-24(31)32-25(3,4)5/h6-10,19-21,28H,11-18H2,1-5H3,(H,27,31). The summed E-state index contributed by atoms with van der Waals surface area (Å²) in [5, 5.41) is 6.60. The predicted octanol–water partition coefficient (Wildman–Crippen LogP) is 5.20. The van der Waals surface area contributed by atoms with Crippen molar-refractivity contribution in [3.8, 4) is 0 Å². The molecule has 6 nitrogen and oxygen atoms in total. The van der Waals surface area contributed by atoms with E-state index in [1.807, 2.05) is 51.1 Å². The van der Waals surface area contributed by atoms with Gasteiger partial charge in [0.15, 0.2) is 0 Å². The van der Waals surface area contributed by atoms with Crippen LogP contribution in [0, 0.1) is 11.8 Å². The molecule has 1 aromatic carbocycles. The molecule has 2 N–H and O–H groups in total. The van der Waals surface area contributed by atoms with Crippen molar-refractivity contribution in [2.24, 2.45) is 11.8 Å². The van der Waals surface area contributed by atoms with Crippen LogP contribution in [0.1, 0.15) is 73.1 Å². The fourth-order valence-electron chi connectivity index (χ4n) is 4.99. The number of amides is 2. The Hall–Kier alpha value is -2.24. The topological polar surface area (TPSA) is 70.7 Å². The molecule has 1 aromatic rings. The molecule has 178 valence electrons. The zero-order valence-electron chi connectivity index (χ0n) is 20.4.